The van der Waals surface area contributed by atoms with E-state index in [0.29, 0.717) is 54.0 Å². The number of methoxy groups -OCH3 is 1. The highest BCUT2D eigenvalue weighted by atomic mass is 35.5. The van der Waals surface area contributed by atoms with Crippen LogP contribution in [0, 0.1) is 0 Å². The minimum atomic E-state index is -0.550. The first-order valence-electron chi connectivity index (χ1n) is 11.9. The third kappa shape index (κ3) is 5.67. The van der Waals surface area contributed by atoms with Gasteiger partial charge in [0.2, 0.25) is 0 Å². The van der Waals surface area contributed by atoms with Crippen molar-refractivity contribution in [3.63, 3.8) is 0 Å². The number of hydrogen-bond donors (Lipinski definition) is 2. The Morgan fingerprint density at radius 1 is 0.900 bits per heavy atom. The van der Waals surface area contributed by atoms with Crippen molar-refractivity contribution in [2.75, 3.05) is 7.11 Å². The molecule has 0 spiro atoms. The highest BCUT2D eigenvalue weighted by Gasteiger charge is 2.23. The average Bonchev–Trinajstić information content (AvgIpc) is 3.33. The lowest BCUT2D eigenvalue weighted by molar-refractivity contribution is 0.0734. The van der Waals surface area contributed by atoms with Crippen molar-refractivity contribution < 1.29 is 19.1 Å². The third-order valence-corrected chi connectivity index (χ3v) is 6.85. The maximum atomic E-state index is 13.3. The second kappa shape index (κ2) is 11.8. The molecule has 4 aromatic carbocycles. The van der Waals surface area contributed by atoms with Crippen LogP contribution >= 0.6 is 34.8 Å². The zero-order chi connectivity index (χ0) is 28.2. The summed E-state index contributed by atoms with van der Waals surface area (Å²) >= 11 is 19.2. The topological polar surface area (TPSA) is 92.8 Å². The largest absolute Gasteiger partial charge is 0.497 e. The first kappa shape index (κ1) is 27.3. The molecule has 0 radical (unpaired) electrons. The smallest absolute Gasteiger partial charge is 0.343 e. The number of aromatic nitrogens is 1. The average molecular weight is 593 g/mol. The second-order valence-electron chi connectivity index (χ2n) is 8.52. The van der Waals surface area contributed by atoms with Crippen molar-refractivity contribution in [2.45, 2.75) is 0 Å². The van der Waals surface area contributed by atoms with Crippen molar-refractivity contribution in [2.24, 2.45) is 5.10 Å². The summed E-state index contributed by atoms with van der Waals surface area (Å²) in [4.78, 5) is 29.1. The van der Waals surface area contributed by atoms with E-state index < -0.39 is 11.9 Å². The number of carbonyl (C=O) groups excluding carboxylic acids is 2. The molecule has 0 aliphatic rings. The van der Waals surface area contributed by atoms with Crippen LogP contribution < -0.4 is 14.9 Å². The number of nitrogens with one attached hydrogen (secondary N) is 2. The number of esters is 1. The van der Waals surface area contributed by atoms with Gasteiger partial charge in [-0.05, 0) is 54.6 Å². The molecule has 1 amide bonds. The molecule has 0 aliphatic heterocycles. The van der Waals surface area contributed by atoms with Gasteiger partial charge in [0.15, 0.2) is 0 Å². The van der Waals surface area contributed by atoms with Gasteiger partial charge in [-0.25, -0.2) is 10.2 Å². The van der Waals surface area contributed by atoms with Crippen LogP contribution in [0.3, 0.4) is 0 Å². The lowest BCUT2D eigenvalue weighted by atomic mass is 10.0. The fourth-order valence-electron chi connectivity index (χ4n) is 4.13. The maximum Gasteiger partial charge on any atom is 0.343 e. The van der Waals surface area contributed by atoms with E-state index >= 15 is 0 Å². The molecule has 1 heterocycles. The van der Waals surface area contributed by atoms with E-state index in [1.54, 1.807) is 86.0 Å². The molecule has 7 nitrogen and oxygen atoms in total. The van der Waals surface area contributed by atoms with Crippen molar-refractivity contribution >= 4 is 63.8 Å². The minimum absolute atomic E-state index is 0.198. The van der Waals surface area contributed by atoms with Crippen LogP contribution in [0.2, 0.25) is 15.1 Å². The van der Waals surface area contributed by atoms with Gasteiger partial charge in [0.1, 0.15) is 17.2 Å². The molecule has 0 fully saturated rings. The number of carbonyl (C=O) groups is 2. The van der Waals surface area contributed by atoms with Gasteiger partial charge in [0.05, 0.1) is 23.9 Å². The van der Waals surface area contributed by atoms with E-state index in [9.17, 15) is 9.59 Å². The number of H-pyrrole nitrogens is 1. The molecule has 0 unspecified atom stereocenters. The Morgan fingerprint density at radius 2 is 1.62 bits per heavy atom. The molecule has 0 aliphatic carbocycles. The van der Waals surface area contributed by atoms with Gasteiger partial charge in [-0.3, -0.25) is 4.79 Å². The highest BCUT2D eigenvalue weighted by molar-refractivity contribution is 6.41. The first-order chi connectivity index (χ1) is 19.4. The molecular formula is C30H20Cl3N3O4. The lowest BCUT2D eigenvalue weighted by Crippen LogP contribution is -2.19. The number of halogens is 3. The maximum absolute atomic E-state index is 13.3. The van der Waals surface area contributed by atoms with E-state index in [4.69, 9.17) is 44.3 Å². The number of aromatic amines is 1. The summed E-state index contributed by atoms with van der Waals surface area (Å²) in [6.07, 6.45) is 1.39. The Bertz CT molecular complexity index is 1760. The molecule has 200 valence electrons. The molecule has 5 rings (SSSR count). The number of benzene rings is 4. The summed E-state index contributed by atoms with van der Waals surface area (Å²) in [5.74, 6) is -0.198. The van der Waals surface area contributed by atoms with Crippen LogP contribution in [0.4, 0.5) is 0 Å². The fraction of sp³-hybridized carbons (Fsp3) is 0.0333. The zero-order valence-corrected chi connectivity index (χ0v) is 23.1. The van der Waals surface area contributed by atoms with Crippen LogP contribution in [-0.4, -0.2) is 30.2 Å². The van der Waals surface area contributed by atoms with Crippen molar-refractivity contribution in [3.8, 4) is 22.6 Å². The summed E-state index contributed by atoms with van der Waals surface area (Å²) in [6.45, 7) is 0. The lowest BCUT2D eigenvalue weighted by Gasteiger charge is -2.08. The van der Waals surface area contributed by atoms with Crippen LogP contribution in [0.5, 0.6) is 11.5 Å². The summed E-state index contributed by atoms with van der Waals surface area (Å²) in [5.41, 5.74) is 5.25. The summed E-state index contributed by atoms with van der Waals surface area (Å²) in [5, 5.41) is 5.93. The molecule has 10 heteroatoms. The Balaban J connectivity index is 1.41. The fourth-order valence-corrected chi connectivity index (χ4v) is 4.95. The zero-order valence-electron chi connectivity index (χ0n) is 20.9. The predicted molar refractivity (Wildman–Crippen MR) is 158 cm³/mol. The Labute approximate surface area is 244 Å². The summed E-state index contributed by atoms with van der Waals surface area (Å²) in [6, 6.07) is 23.8. The number of hydrazone groups is 1. The Kier molecular flexibility index (Phi) is 8.07. The number of ether oxygens (including phenoxy) is 2. The van der Waals surface area contributed by atoms with Crippen LogP contribution in [-0.2, 0) is 0 Å². The van der Waals surface area contributed by atoms with Gasteiger partial charge in [-0.1, -0.05) is 65.1 Å². The highest BCUT2D eigenvalue weighted by Crippen LogP contribution is 2.41. The second-order valence-corrected chi connectivity index (χ2v) is 9.77. The van der Waals surface area contributed by atoms with Gasteiger partial charge in [-0.2, -0.15) is 5.10 Å². The summed E-state index contributed by atoms with van der Waals surface area (Å²) in [7, 11) is 1.54. The molecule has 0 saturated carbocycles. The van der Waals surface area contributed by atoms with Gasteiger partial charge in [-0.15, -0.1) is 0 Å². The van der Waals surface area contributed by atoms with Gasteiger partial charge >= 0.3 is 5.97 Å². The van der Waals surface area contributed by atoms with E-state index in [1.165, 1.54) is 6.21 Å². The minimum Gasteiger partial charge on any atom is -0.497 e. The number of rotatable bonds is 7. The van der Waals surface area contributed by atoms with E-state index in [2.05, 4.69) is 15.5 Å². The SMILES string of the molecule is COc1ccc(C(=O)Oc2ccccc2C=NNC(=O)c2[nH]c3cc(Cl)cc(Cl)c3c2-c2ccccc2Cl)cc1. The first-order valence-corrected chi connectivity index (χ1v) is 13.0. The normalized spacial score (nSPS) is 11.1. The monoisotopic (exact) mass is 591 g/mol. The number of para-hydroxylation sites is 1. The van der Waals surface area contributed by atoms with E-state index in [1.807, 2.05) is 6.07 Å². The summed E-state index contributed by atoms with van der Waals surface area (Å²) < 4.78 is 10.7. The predicted octanol–water partition coefficient (Wildman–Crippen LogP) is 7.79. The van der Waals surface area contributed by atoms with Crippen LogP contribution in [0.15, 0.2) is 90.0 Å². The van der Waals surface area contributed by atoms with Crippen LogP contribution in [0.25, 0.3) is 22.0 Å². The number of hydrogen-bond acceptors (Lipinski definition) is 5. The van der Waals surface area contributed by atoms with Crippen molar-refractivity contribution in [1.29, 1.82) is 0 Å². The van der Waals surface area contributed by atoms with Gasteiger partial charge in [0, 0.05) is 37.6 Å². The Hall–Kier alpha value is -4.30. The van der Waals surface area contributed by atoms with E-state index in [0.717, 1.165) is 0 Å². The molecule has 0 saturated heterocycles. The molecule has 1 aromatic heterocycles. The quantitative estimate of drug-likeness (QED) is 0.0873. The Morgan fingerprint density at radius 3 is 2.38 bits per heavy atom. The van der Waals surface area contributed by atoms with Gasteiger partial charge in [0.25, 0.3) is 5.91 Å². The van der Waals surface area contributed by atoms with Crippen molar-refractivity contribution in [3.05, 3.63) is 117 Å². The molecule has 0 atom stereocenters. The standard InChI is InChI=1S/C30H20Cl3N3O4/c1-39-20-12-10-17(11-13-20)30(38)40-25-9-5-2-6-18(25)16-34-36-29(37)28-26(21-7-3-4-8-22(21)32)27-23(33)14-19(31)15-24(27)35-28/h2-16,35H,1H3,(H,36,37). The molecule has 2 N–H and O–H groups in total. The van der Waals surface area contributed by atoms with E-state index in [-0.39, 0.29) is 11.4 Å². The van der Waals surface area contributed by atoms with Gasteiger partial charge < -0.3 is 14.5 Å². The molecular weight excluding hydrogens is 573 g/mol. The number of amides is 1. The molecule has 40 heavy (non-hydrogen) atoms. The van der Waals surface area contributed by atoms with Crippen molar-refractivity contribution in [1.82, 2.24) is 10.4 Å². The number of nitrogens with zero attached hydrogens (tertiary/aromatic N) is 1. The molecule has 0 bridgehead atoms. The molecule has 5 aromatic rings. The number of fused-ring (bicyclic) bond motifs is 1. The van der Waals surface area contributed by atoms with Crippen LogP contribution in [0.1, 0.15) is 26.4 Å². The third-order valence-electron chi connectivity index (χ3n) is 6.00.